The van der Waals surface area contributed by atoms with E-state index in [9.17, 15) is 4.79 Å². The predicted molar refractivity (Wildman–Crippen MR) is 115 cm³/mol. The summed E-state index contributed by atoms with van der Waals surface area (Å²) in [5.41, 5.74) is 3.14. The summed E-state index contributed by atoms with van der Waals surface area (Å²) in [6.07, 6.45) is 0. The van der Waals surface area contributed by atoms with Gasteiger partial charge in [-0.2, -0.15) is 4.98 Å². The molecule has 3 heterocycles. The average Bonchev–Trinajstić information content (AvgIpc) is 3.48. The van der Waals surface area contributed by atoms with Crippen LogP contribution in [0.2, 0.25) is 0 Å². The number of amides is 2. The third kappa shape index (κ3) is 3.56. The molecule has 3 aromatic rings. The zero-order valence-corrected chi connectivity index (χ0v) is 17.7. The Balaban J connectivity index is 1.56. The van der Waals surface area contributed by atoms with Gasteiger partial charge in [-0.1, -0.05) is 35.5 Å². The second kappa shape index (κ2) is 8.35. The van der Waals surface area contributed by atoms with E-state index in [-0.39, 0.29) is 12.8 Å². The molecule has 2 aliphatic rings. The fourth-order valence-corrected chi connectivity index (χ4v) is 3.89. The Morgan fingerprint density at radius 1 is 1.16 bits per heavy atom. The molecule has 32 heavy (non-hydrogen) atoms. The summed E-state index contributed by atoms with van der Waals surface area (Å²) >= 11 is 0. The largest absolute Gasteiger partial charge is 0.454 e. The fourth-order valence-electron chi connectivity index (χ4n) is 3.89. The summed E-state index contributed by atoms with van der Waals surface area (Å²) < 4.78 is 21.7. The molecule has 0 spiro atoms. The Labute approximate surface area is 184 Å². The third-order valence-electron chi connectivity index (χ3n) is 5.54. The SMILES string of the molecule is COCCN1C(=O)NC(c2ccccc2)C(c2nc(-c3ccc4c(c3)OCO4)no2)=C1C. The van der Waals surface area contributed by atoms with Crippen LogP contribution in [0.5, 0.6) is 11.5 Å². The molecule has 1 aromatic heterocycles. The maximum absolute atomic E-state index is 12.8. The van der Waals surface area contributed by atoms with Gasteiger partial charge in [0.25, 0.3) is 5.89 Å². The molecular formula is C23H22N4O5. The molecule has 0 bridgehead atoms. The highest BCUT2D eigenvalue weighted by Crippen LogP contribution is 2.38. The van der Waals surface area contributed by atoms with Gasteiger partial charge in [-0.3, -0.25) is 4.90 Å². The maximum Gasteiger partial charge on any atom is 0.322 e. The zero-order chi connectivity index (χ0) is 22.1. The highest BCUT2D eigenvalue weighted by Gasteiger charge is 2.35. The van der Waals surface area contributed by atoms with Gasteiger partial charge in [-0.05, 0) is 30.7 Å². The van der Waals surface area contributed by atoms with Crippen molar-refractivity contribution in [2.24, 2.45) is 0 Å². The van der Waals surface area contributed by atoms with Crippen molar-refractivity contribution in [2.75, 3.05) is 27.1 Å². The van der Waals surface area contributed by atoms with Gasteiger partial charge in [0.2, 0.25) is 12.6 Å². The molecule has 0 radical (unpaired) electrons. The molecule has 1 atom stereocenters. The lowest BCUT2D eigenvalue weighted by Crippen LogP contribution is -2.47. The molecule has 2 aromatic carbocycles. The smallest absolute Gasteiger partial charge is 0.322 e. The van der Waals surface area contributed by atoms with Crippen LogP contribution in [-0.2, 0) is 4.74 Å². The van der Waals surface area contributed by atoms with Crippen molar-refractivity contribution in [1.82, 2.24) is 20.4 Å². The van der Waals surface area contributed by atoms with Gasteiger partial charge in [-0.25, -0.2) is 4.79 Å². The van der Waals surface area contributed by atoms with Crippen LogP contribution in [0, 0.1) is 0 Å². The van der Waals surface area contributed by atoms with E-state index < -0.39 is 6.04 Å². The van der Waals surface area contributed by atoms with E-state index in [2.05, 4.69) is 15.5 Å². The molecule has 9 heteroatoms. The van der Waals surface area contributed by atoms with Crippen LogP contribution >= 0.6 is 0 Å². The number of rotatable bonds is 6. The van der Waals surface area contributed by atoms with E-state index >= 15 is 0 Å². The minimum absolute atomic E-state index is 0.193. The second-order valence-electron chi connectivity index (χ2n) is 7.43. The van der Waals surface area contributed by atoms with Gasteiger partial charge in [0, 0.05) is 18.4 Å². The Hall–Kier alpha value is -3.85. The minimum atomic E-state index is -0.424. The number of allylic oxidation sites excluding steroid dienone is 1. The first-order valence-electron chi connectivity index (χ1n) is 10.2. The highest BCUT2D eigenvalue weighted by molar-refractivity contribution is 5.86. The normalized spacial score (nSPS) is 17.6. The van der Waals surface area contributed by atoms with E-state index in [1.807, 2.05) is 55.5 Å². The molecule has 164 valence electrons. The van der Waals surface area contributed by atoms with Crippen molar-refractivity contribution < 1.29 is 23.5 Å². The average molecular weight is 434 g/mol. The van der Waals surface area contributed by atoms with Crippen LogP contribution in [0.15, 0.2) is 58.8 Å². The number of carbonyl (C=O) groups excluding carboxylic acids is 1. The number of carbonyl (C=O) groups is 1. The Kier molecular flexibility index (Phi) is 5.24. The zero-order valence-electron chi connectivity index (χ0n) is 17.7. The number of urea groups is 1. The maximum atomic E-state index is 12.8. The van der Waals surface area contributed by atoms with Crippen molar-refractivity contribution >= 4 is 11.6 Å². The number of ether oxygens (including phenoxy) is 3. The van der Waals surface area contributed by atoms with Crippen LogP contribution in [0.3, 0.4) is 0 Å². The number of hydrogen-bond acceptors (Lipinski definition) is 7. The number of methoxy groups -OCH3 is 1. The van der Waals surface area contributed by atoms with Gasteiger partial charge in [0.05, 0.1) is 24.8 Å². The van der Waals surface area contributed by atoms with Gasteiger partial charge < -0.3 is 24.1 Å². The number of benzene rings is 2. The first kappa shape index (κ1) is 20.1. The van der Waals surface area contributed by atoms with Crippen molar-refractivity contribution in [3.8, 4) is 22.9 Å². The topological polar surface area (TPSA) is 99.0 Å². The molecule has 0 saturated carbocycles. The Morgan fingerprint density at radius 2 is 1.97 bits per heavy atom. The van der Waals surface area contributed by atoms with Gasteiger partial charge in [0.15, 0.2) is 11.5 Å². The van der Waals surface area contributed by atoms with Crippen LogP contribution in [0.1, 0.15) is 24.4 Å². The lowest BCUT2D eigenvalue weighted by Gasteiger charge is -2.35. The van der Waals surface area contributed by atoms with Gasteiger partial charge in [0.1, 0.15) is 0 Å². The molecule has 2 aliphatic heterocycles. The summed E-state index contributed by atoms with van der Waals surface area (Å²) in [4.78, 5) is 19.1. The van der Waals surface area contributed by atoms with E-state index in [0.717, 1.165) is 22.4 Å². The number of hydrogen-bond donors (Lipinski definition) is 1. The number of aromatic nitrogens is 2. The van der Waals surface area contributed by atoms with E-state index in [1.165, 1.54) is 0 Å². The van der Waals surface area contributed by atoms with Gasteiger partial charge in [-0.15, -0.1) is 0 Å². The molecule has 0 saturated heterocycles. The molecule has 2 amide bonds. The van der Waals surface area contributed by atoms with E-state index in [0.29, 0.717) is 36.4 Å². The minimum Gasteiger partial charge on any atom is -0.454 e. The number of nitrogens with zero attached hydrogens (tertiary/aromatic N) is 3. The van der Waals surface area contributed by atoms with Crippen LogP contribution in [0.4, 0.5) is 4.79 Å². The van der Waals surface area contributed by atoms with Crippen molar-refractivity contribution in [3.63, 3.8) is 0 Å². The van der Waals surface area contributed by atoms with Gasteiger partial charge >= 0.3 is 6.03 Å². The number of fused-ring (bicyclic) bond motifs is 1. The summed E-state index contributed by atoms with van der Waals surface area (Å²) in [5.74, 6) is 2.09. The second-order valence-corrected chi connectivity index (χ2v) is 7.43. The first-order valence-corrected chi connectivity index (χ1v) is 10.2. The predicted octanol–water partition coefficient (Wildman–Crippen LogP) is 3.61. The van der Waals surface area contributed by atoms with Crippen LogP contribution < -0.4 is 14.8 Å². The molecule has 9 nitrogen and oxygen atoms in total. The summed E-state index contributed by atoms with van der Waals surface area (Å²) in [6.45, 7) is 2.88. The molecule has 0 aliphatic carbocycles. The molecule has 5 rings (SSSR count). The van der Waals surface area contributed by atoms with Crippen molar-refractivity contribution in [2.45, 2.75) is 13.0 Å². The summed E-state index contributed by atoms with van der Waals surface area (Å²) in [5, 5.41) is 7.25. The molecule has 1 N–H and O–H groups in total. The highest BCUT2D eigenvalue weighted by atomic mass is 16.7. The lowest BCUT2D eigenvalue weighted by atomic mass is 9.95. The monoisotopic (exact) mass is 434 g/mol. The molecule has 1 unspecified atom stereocenters. The van der Waals surface area contributed by atoms with E-state index in [1.54, 1.807) is 12.0 Å². The fraction of sp³-hybridized carbons (Fsp3) is 0.261. The standard InChI is InChI=1S/C23H22N4O5/c1-14-19(20(15-6-4-3-5-7-15)24-23(28)27(14)10-11-29-2)22-25-21(26-32-22)16-8-9-17-18(12-16)31-13-30-17/h3-9,12,20H,10-11,13H2,1-2H3,(H,24,28). The summed E-state index contributed by atoms with van der Waals surface area (Å²) in [7, 11) is 1.60. The Morgan fingerprint density at radius 3 is 2.78 bits per heavy atom. The van der Waals surface area contributed by atoms with Crippen LogP contribution in [-0.4, -0.2) is 48.1 Å². The molecular weight excluding hydrogens is 412 g/mol. The third-order valence-corrected chi connectivity index (χ3v) is 5.54. The lowest BCUT2D eigenvalue weighted by molar-refractivity contribution is 0.158. The first-order chi connectivity index (χ1) is 15.7. The number of nitrogens with one attached hydrogen (secondary N) is 1. The quantitative estimate of drug-likeness (QED) is 0.633. The van der Waals surface area contributed by atoms with Crippen LogP contribution in [0.25, 0.3) is 17.0 Å². The summed E-state index contributed by atoms with van der Waals surface area (Å²) in [6, 6.07) is 14.6. The molecule has 0 fully saturated rings. The van der Waals surface area contributed by atoms with Crippen molar-refractivity contribution in [1.29, 1.82) is 0 Å². The van der Waals surface area contributed by atoms with E-state index in [4.69, 9.17) is 18.7 Å². The Bertz CT molecular complexity index is 1170. The van der Waals surface area contributed by atoms with Crippen molar-refractivity contribution in [3.05, 3.63) is 65.7 Å².